The van der Waals surface area contributed by atoms with Gasteiger partial charge in [0, 0.05) is 33.1 Å². The lowest BCUT2D eigenvalue weighted by Gasteiger charge is -2.22. The number of carbonyl (C=O) groups is 1. The molecule has 138 valence electrons. The second kappa shape index (κ2) is 9.86. The molecule has 0 unspecified atom stereocenters. The van der Waals surface area contributed by atoms with Crippen molar-refractivity contribution >= 4 is 11.9 Å². The molecular formula is C18H27FN4O2. The maximum Gasteiger partial charge on any atom is 0.220 e. The largest absolute Gasteiger partial charge is 0.489 e. The molecule has 0 saturated heterocycles. The first-order valence-electron chi connectivity index (χ1n) is 8.68. The number of nitrogens with zero attached hydrogens (tertiary/aromatic N) is 2. The molecule has 6 nitrogen and oxygen atoms in total. The van der Waals surface area contributed by atoms with Gasteiger partial charge in [0.2, 0.25) is 5.91 Å². The Morgan fingerprint density at radius 1 is 1.40 bits per heavy atom. The van der Waals surface area contributed by atoms with Gasteiger partial charge in [-0.25, -0.2) is 4.39 Å². The normalized spacial score (nSPS) is 14.1. The molecule has 25 heavy (non-hydrogen) atoms. The standard InChI is InChI=1S/C18H27FN4O2/c1-20-18(21-11-5-8-17(24)22-14-9-10-14)23(2)12-13-25-16-7-4-3-6-15(16)19/h3-4,6-7,14H,5,8-13H2,1-2H3,(H,20,21)(H,22,24). The van der Waals surface area contributed by atoms with Crippen LogP contribution in [-0.4, -0.2) is 56.6 Å². The van der Waals surface area contributed by atoms with E-state index in [9.17, 15) is 9.18 Å². The van der Waals surface area contributed by atoms with Crippen LogP contribution in [0.15, 0.2) is 29.3 Å². The predicted molar refractivity (Wildman–Crippen MR) is 96.3 cm³/mol. The Bertz CT molecular complexity index is 590. The molecule has 2 N–H and O–H groups in total. The van der Waals surface area contributed by atoms with Gasteiger partial charge in [0.15, 0.2) is 17.5 Å². The van der Waals surface area contributed by atoms with Crippen molar-refractivity contribution in [3.8, 4) is 5.75 Å². The molecule has 1 aliphatic carbocycles. The third kappa shape index (κ3) is 6.99. The van der Waals surface area contributed by atoms with E-state index in [0.29, 0.717) is 32.2 Å². The molecule has 1 aliphatic rings. The first-order chi connectivity index (χ1) is 12.1. The fraction of sp³-hybridized carbons (Fsp3) is 0.556. The van der Waals surface area contributed by atoms with Crippen LogP contribution in [0.25, 0.3) is 0 Å². The highest BCUT2D eigenvalue weighted by molar-refractivity contribution is 5.80. The molecular weight excluding hydrogens is 323 g/mol. The number of nitrogens with one attached hydrogen (secondary N) is 2. The number of halogens is 1. The fourth-order valence-corrected chi connectivity index (χ4v) is 2.32. The second-order valence-corrected chi connectivity index (χ2v) is 6.12. The smallest absolute Gasteiger partial charge is 0.220 e. The van der Waals surface area contributed by atoms with Gasteiger partial charge in [-0.05, 0) is 31.4 Å². The monoisotopic (exact) mass is 350 g/mol. The quantitative estimate of drug-likeness (QED) is 0.405. The molecule has 0 atom stereocenters. The number of benzene rings is 1. The zero-order valence-electron chi connectivity index (χ0n) is 14.9. The van der Waals surface area contributed by atoms with Crippen molar-refractivity contribution in [3.05, 3.63) is 30.1 Å². The van der Waals surface area contributed by atoms with Crippen LogP contribution in [0.5, 0.6) is 5.75 Å². The fourth-order valence-electron chi connectivity index (χ4n) is 2.32. The Labute approximate surface area is 148 Å². The van der Waals surface area contributed by atoms with Crippen LogP contribution >= 0.6 is 0 Å². The lowest BCUT2D eigenvalue weighted by molar-refractivity contribution is -0.121. The summed E-state index contributed by atoms with van der Waals surface area (Å²) in [5.41, 5.74) is 0. The van der Waals surface area contributed by atoms with Crippen molar-refractivity contribution < 1.29 is 13.9 Å². The SMILES string of the molecule is CN=C(NCCCC(=O)NC1CC1)N(C)CCOc1ccccc1F. The molecule has 1 saturated carbocycles. The highest BCUT2D eigenvalue weighted by Gasteiger charge is 2.22. The highest BCUT2D eigenvalue weighted by atomic mass is 19.1. The molecule has 0 radical (unpaired) electrons. The minimum Gasteiger partial charge on any atom is -0.489 e. The summed E-state index contributed by atoms with van der Waals surface area (Å²) in [5, 5.41) is 6.19. The number of para-hydroxylation sites is 1. The van der Waals surface area contributed by atoms with Crippen molar-refractivity contribution in [1.82, 2.24) is 15.5 Å². The molecule has 1 fully saturated rings. The van der Waals surface area contributed by atoms with Gasteiger partial charge in [0.25, 0.3) is 0 Å². The van der Waals surface area contributed by atoms with Gasteiger partial charge in [-0.15, -0.1) is 0 Å². The average molecular weight is 350 g/mol. The molecule has 0 heterocycles. The lowest BCUT2D eigenvalue weighted by Crippen LogP contribution is -2.41. The molecule has 0 spiro atoms. The lowest BCUT2D eigenvalue weighted by atomic mass is 10.3. The molecule has 1 aromatic carbocycles. The average Bonchev–Trinajstić information content (AvgIpc) is 3.40. The summed E-state index contributed by atoms with van der Waals surface area (Å²) < 4.78 is 18.9. The van der Waals surface area contributed by atoms with E-state index in [0.717, 1.165) is 25.2 Å². The maximum atomic E-state index is 13.5. The predicted octanol–water partition coefficient (Wildman–Crippen LogP) is 1.77. The number of amides is 1. The summed E-state index contributed by atoms with van der Waals surface area (Å²) in [4.78, 5) is 17.7. The number of aliphatic imine (C=N–C) groups is 1. The van der Waals surface area contributed by atoms with Crippen molar-refractivity contribution in [2.45, 2.75) is 31.7 Å². The number of rotatable bonds is 9. The van der Waals surface area contributed by atoms with Crippen LogP contribution in [0, 0.1) is 5.82 Å². The van der Waals surface area contributed by atoms with Crippen molar-refractivity contribution in [2.75, 3.05) is 33.8 Å². The van der Waals surface area contributed by atoms with Gasteiger partial charge in [-0.2, -0.15) is 0 Å². The van der Waals surface area contributed by atoms with Crippen molar-refractivity contribution in [1.29, 1.82) is 0 Å². The summed E-state index contributed by atoms with van der Waals surface area (Å²) in [6.45, 7) is 1.58. The first-order valence-corrected chi connectivity index (χ1v) is 8.68. The van der Waals surface area contributed by atoms with E-state index >= 15 is 0 Å². The van der Waals surface area contributed by atoms with E-state index in [1.165, 1.54) is 6.07 Å². The molecule has 1 aromatic rings. The molecule has 0 aromatic heterocycles. The van der Waals surface area contributed by atoms with E-state index in [1.54, 1.807) is 25.2 Å². The minimum atomic E-state index is -0.364. The van der Waals surface area contributed by atoms with Crippen molar-refractivity contribution in [2.24, 2.45) is 4.99 Å². The molecule has 0 aliphatic heterocycles. The summed E-state index contributed by atoms with van der Waals surface area (Å²) >= 11 is 0. The molecule has 0 bridgehead atoms. The number of hydrogen-bond acceptors (Lipinski definition) is 3. The number of guanidine groups is 1. The van der Waals surface area contributed by atoms with Crippen LogP contribution in [0.4, 0.5) is 4.39 Å². The topological polar surface area (TPSA) is 66.0 Å². The Morgan fingerprint density at radius 2 is 2.16 bits per heavy atom. The van der Waals surface area contributed by atoms with Gasteiger partial charge >= 0.3 is 0 Å². The summed E-state index contributed by atoms with van der Waals surface area (Å²) in [7, 11) is 3.59. The Hall–Kier alpha value is -2.31. The first kappa shape index (κ1) is 19.0. The summed E-state index contributed by atoms with van der Waals surface area (Å²) in [6.07, 6.45) is 3.48. The number of hydrogen-bond donors (Lipinski definition) is 2. The van der Waals surface area contributed by atoms with E-state index in [2.05, 4.69) is 15.6 Å². The maximum absolute atomic E-state index is 13.5. The van der Waals surface area contributed by atoms with Gasteiger partial charge in [-0.1, -0.05) is 12.1 Å². The Balaban J connectivity index is 1.61. The van der Waals surface area contributed by atoms with Crippen LogP contribution in [0.1, 0.15) is 25.7 Å². The molecule has 2 rings (SSSR count). The van der Waals surface area contributed by atoms with Crippen LogP contribution in [-0.2, 0) is 4.79 Å². The van der Waals surface area contributed by atoms with Gasteiger partial charge < -0.3 is 20.3 Å². The van der Waals surface area contributed by atoms with E-state index in [4.69, 9.17) is 4.74 Å². The van der Waals surface area contributed by atoms with E-state index in [-0.39, 0.29) is 17.5 Å². The third-order valence-electron chi connectivity index (χ3n) is 3.90. The summed E-state index contributed by atoms with van der Waals surface area (Å²) in [6, 6.07) is 6.76. The minimum absolute atomic E-state index is 0.117. The van der Waals surface area contributed by atoms with E-state index < -0.39 is 0 Å². The number of ether oxygens (including phenoxy) is 1. The Morgan fingerprint density at radius 3 is 2.84 bits per heavy atom. The zero-order valence-corrected chi connectivity index (χ0v) is 14.9. The number of carbonyl (C=O) groups excluding carboxylic acids is 1. The van der Waals surface area contributed by atoms with Crippen molar-refractivity contribution in [3.63, 3.8) is 0 Å². The zero-order chi connectivity index (χ0) is 18.1. The molecule has 7 heteroatoms. The van der Waals surface area contributed by atoms with Crippen LogP contribution in [0.3, 0.4) is 0 Å². The molecule has 1 amide bonds. The number of likely N-dealkylation sites (N-methyl/N-ethyl adjacent to an activating group) is 1. The third-order valence-corrected chi connectivity index (χ3v) is 3.90. The van der Waals surface area contributed by atoms with Gasteiger partial charge in [0.1, 0.15) is 6.61 Å². The second-order valence-electron chi connectivity index (χ2n) is 6.12. The highest BCUT2D eigenvalue weighted by Crippen LogP contribution is 2.18. The van der Waals surface area contributed by atoms with Crippen LogP contribution in [0.2, 0.25) is 0 Å². The van der Waals surface area contributed by atoms with Gasteiger partial charge in [-0.3, -0.25) is 9.79 Å². The van der Waals surface area contributed by atoms with Crippen LogP contribution < -0.4 is 15.4 Å². The van der Waals surface area contributed by atoms with E-state index in [1.807, 2.05) is 11.9 Å². The Kier molecular flexibility index (Phi) is 7.50. The van der Waals surface area contributed by atoms with Gasteiger partial charge in [0.05, 0.1) is 6.54 Å². The summed E-state index contributed by atoms with van der Waals surface area (Å²) in [5.74, 6) is 0.725.